The van der Waals surface area contributed by atoms with Crippen LogP contribution >= 0.6 is 0 Å². The number of quaternary nitrogens is 1. The van der Waals surface area contributed by atoms with E-state index in [9.17, 15) is 0 Å². The molecule has 0 bridgehead atoms. The topological polar surface area (TPSA) is 4.44 Å². The maximum Gasteiger partial charge on any atom is 0.103 e. The zero-order valence-corrected chi connectivity index (χ0v) is 11.2. The van der Waals surface area contributed by atoms with E-state index in [2.05, 4.69) is 58.0 Å². The number of hydrogen-bond acceptors (Lipinski definition) is 0. The van der Waals surface area contributed by atoms with Gasteiger partial charge in [-0.3, -0.25) is 0 Å². The molecule has 0 amide bonds. The first-order valence-corrected chi connectivity index (χ1v) is 6.45. The van der Waals surface area contributed by atoms with Gasteiger partial charge in [-0.15, -0.1) is 0 Å². The van der Waals surface area contributed by atoms with Gasteiger partial charge in [0.05, 0.1) is 13.1 Å². The molecule has 1 aromatic rings. The fourth-order valence-corrected chi connectivity index (χ4v) is 2.27. The van der Waals surface area contributed by atoms with Gasteiger partial charge >= 0.3 is 0 Å². The van der Waals surface area contributed by atoms with Crippen LogP contribution < -0.4 is 4.90 Å². The second kappa shape index (κ2) is 6.70. The summed E-state index contributed by atoms with van der Waals surface area (Å²) in [4.78, 5) is 1.70. The highest BCUT2D eigenvalue weighted by Crippen LogP contribution is 1.97. The van der Waals surface area contributed by atoms with Crippen molar-refractivity contribution in [3.8, 4) is 0 Å². The maximum atomic E-state index is 2.31. The molecule has 16 heavy (non-hydrogen) atoms. The first-order valence-electron chi connectivity index (χ1n) is 6.45. The Morgan fingerprint density at radius 3 is 1.81 bits per heavy atom. The molecule has 0 unspecified atom stereocenters. The second-order valence-corrected chi connectivity index (χ2v) is 5.61. The van der Waals surface area contributed by atoms with E-state index in [1.165, 1.54) is 18.7 Å². The molecule has 0 saturated carbocycles. The zero-order valence-electron chi connectivity index (χ0n) is 11.2. The van der Waals surface area contributed by atoms with Gasteiger partial charge < -0.3 is 4.90 Å². The number of nitrogens with one attached hydrogen (secondary N) is 1. The predicted molar refractivity (Wildman–Crippen MR) is 70.5 cm³/mol. The van der Waals surface area contributed by atoms with Gasteiger partial charge in [0.15, 0.2) is 0 Å². The Morgan fingerprint density at radius 2 is 1.38 bits per heavy atom. The number of benzene rings is 1. The molecular formula is C15H26N+. The van der Waals surface area contributed by atoms with Crippen molar-refractivity contribution in [2.45, 2.75) is 34.2 Å². The van der Waals surface area contributed by atoms with Crippen LogP contribution in [0.5, 0.6) is 0 Å². The Hall–Kier alpha value is -0.820. The van der Waals surface area contributed by atoms with Gasteiger partial charge in [0.1, 0.15) is 6.54 Å². The van der Waals surface area contributed by atoms with Crippen LogP contribution in [0.2, 0.25) is 0 Å². The van der Waals surface area contributed by atoms with E-state index in [4.69, 9.17) is 0 Å². The fraction of sp³-hybridized carbons (Fsp3) is 0.600. The van der Waals surface area contributed by atoms with Crippen molar-refractivity contribution < 1.29 is 4.90 Å². The molecule has 0 atom stereocenters. The van der Waals surface area contributed by atoms with E-state index in [0.29, 0.717) is 0 Å². The molecule has 0 saturated heterocycles. The van der Waals surface area contributed by atoms with Crippen LogP contribution in [0.3, 0.4) is 0 Å². The van der Waals surface area contributed by atoms with Crippen molar-refractivity contribution in [1.29, 1.82) is 0 Å². The van der Waals surface area contributed by atoms with Gasteiger partial charge in [-0.2, -0.15) is 0 Å². The summed E-state index contributed by atoms with van der Waals surface area (Å²) >= 11 is 0. The van der Waals surface area contributed by atoms with Gasteiger partial charge in [0, 0.05) is 17.4 Å². The van der Waals surface area contributed by atoms with E-state index in [0.717, 1.165) is 18.4 Å². The molecule has 0 aliphatic rings. The standard InChI is InChI=1S/C15H25N/c1-13(2)10-16(11-14(3)4)12-15-8-6-5-7-9-15/h5-9,13-14H,10-12H2,1-4H3/p+1. The van der Waals surface area contributed by atoms with Crippen LogP contribution in [0.1, 0.15) is 33.3 Å². The summed E-state index contributed by atoms with van der Waals surface area (Å²) in [6.07, 6.45) is 0. The fourth-order valence-electron chi connectivity index (χ4n) is 2.27. The largest absolute Gasteiger partial charge is 0.331 e. The quantitative estimate of drug-likeness (QED) is 0.751. The van der Waals surface area contributed by atoms with Crippen LogP contribution in [0, 0.1) is 11.8 Å². The molecule has 0 fully saturated rings. The van der Waals surface area contributed by atoms with Gasteiger partial charge in [0.25, 0.3) is 0 Å². The molecule has 90 valence electrons. The molecule has 0 heterocycles. The van der Waals surface area contributed by atoms with Gasteiger partial charge in [-0.1, -0.05) is 58.0 Å². The summed E-state index contributed by atoms with van der Waals surface area (Å²) in [6, 6.07) is 10.8. The molecule has 0 aromatic heterocycles. The third-order valence-corrected chi connectivity index (χ3v) is 2.69. The van der Waals surface area contributed by atoms with E-state index < -0.39 is 0 Å². The minimum absolute atomic E-state index is 0.775. The number of hydrogen-bond donors (Lipinski definition) is 1. The molecular weight excluding hydrogens is 194 g/mol. The van der Waals surface area contributed by atoms with Crippen molar-refractivity contribution in [2.24, 2.45) is 11.8 Å². The van der Waals surface area contributed by atoms with Crippen molar-refractivity contribution in [3.63, 3.8) is 0 Å². The second-order valence-electron chi connectivity index (χ2n) is 5.61. The zero-order chi connectivity index (χ0) is 12.0. The monoisotopic (exact) mass is 220 g/mol. The van der Waals surface area contributed by atoms with E-state index in [1.54, 1.807) is 4.90 Å². The molecule has 1 rings (SSSR count). The summed E-state index contributed by atoms with van der Waals surface area (Å²) in [7, 11) is 0. The molecule has 0 aliphatic heterocycles. The molecule has 1 heteroatoms. The van der Waals surface area contributed by atoms with Gasteiger partial charge in [-0.25, -0.2) is 0 Å². The number of rotatable bonds is 6. The van der Waals surface area contributed by atoms with Gasteiger partial charge in [-0.05, 0) is 0 Å². The van der Waals surface area contributed by atoms with Crippen LogP contribution in [0.4, 0.5) is 0 Å². The lowest BCUT2D eigenvalue weighted by molar-refractivity contribution is -0.919. The van der Waals surface area contributed by atoms with E-state index in [1.807, 2.05) is 0 Å². The first kappa shape index (κ1) is 13.2. The summed E-state index contributed by atoms with van der Waals surface area (Å²) < 4.78 is 0. The summed E-state index contributed by atoms with van der Waals surface area (Å²) in [6.45, 7) is 12.9. The van der Waals surface area contributed by atoms with Crippen LogP contribution in [0.25, 0.3) is 0 Å². The summed E-state index contributed by atoms with van der Waals surface area (Å²) in [5.74, 6) is 1.55. The lowest BCUT2D eigenvalue weighted by atomic mass is 10.1. The van der Waals surface area contributed by atoms with Crippen molar-refractivity contribution in [3.05, 3.63) is 35.9 Å². The molecule has 1 nitrogen and oxygen atoms in total. The SMILES string of the molecule is CC(C)C[NH+](Cc1ccccc1)CC(C)C. The molecule has 0 aliphatic carbocycles. The van der Waals surface area contributed by atoms with Crippen LogP contribution in [-0.2, 0) is 6.54 Å². The van der Waals surface area contributed by atoms with Crippen molar-refractivity contribution >= 4 is 0 Å². The van der Waals surface area contributed by atoms with E-state index in [-0.39, 0.29) is 0 Å². The lowest BCUT2D eigenvalue weighted by Crippen LogP contribution is -3.11. The average molecular weight is 220 g/mol. The highest BCUT2D eigenvalue weighted by molar-refractivity contribution is 5.13. The maximum absolute atomic E-state index is 2.31. The van der Waals surface area contributed by atoms with Crippen LogP contribution in [-0.4, -0.2) is 13.1 Å². The minimum atomic E-state index is 0.775. The first-order chi connectivity index (χ1) is 7.58. The average Bonchev–Trinajstić information content (AvgIpc) is 2.16. The normalized spacial score (nSPS) is 11.7. The predicted octanol–water partition coefficient (Wildman–Crippen LogP) is 2.38. The van der Waals surface area contributed by atoms with E-state index >= 15 is 0 Å². The van der Waals surface area contributed by atoms with Crippen molar-refractivity contribution in [2.75, 3.05) is 13.1 Å². The highest BCUT2D eigenvalue weighted by Gasteiger charge is 2.13. The molecule has 1 N–H and O–H groups in total. The Balaban J connectivity index is 2.56. The van der Waals surface area contributed by atoms with Crippen molar-refractivity contribution in [1.82, 2.24) is 0 Å². The third-order valence-electron chi connectivity index (χ3n) is 2.69. The Kier molecular flexibility index (Phi) is 5.54. The van der Waals surface area contributed by atoms with Gasteiger partial charge in [0.2, 0.25) is 0 Å². The Labute approximate surface area is 100 Å². The Morgan fingerprint density at radius 1 is 0.875 bits per heavy atom. The Bertz CT molecular complexity index is 267. The lowest BCUT2D eigenvalue weighted by Gasteiger charge is -2.23. The summed E-state index contributed by atoms with van der Waals surface area (Å²) in [5.41, 5.74) is 1.46. The smallest absolute Gasteiger partial charge is 0.103 e. The minimum Gasteiger partial charge on any atom is -0.331 e. The summed E-state index contributed by atoms with van der Waals surface area (Å²) in [5, 5.41) is 0. The van der Waals surface area contributed by atoms with Crippen LogP contribution in [0.15, 0.2) is 30.3 Å². The molecule has 1 aromatic carbocycles. The highest BCUT2D eigenvalue weighted by atomic mass is 15.1. The molecule has 0 radical (unpaired) electrons. The molecule has 0 spiro atoms. The third kappa shape index (κ3) is 5.32.